The smallest absolute Gasteiger partial charge is 0.223 e. The van der Waals surface area contributed by atoms with Gasteiger partial charge in [0.15, 0.2) is 0 Å². The standard InChI is InChI=1S/C13H19NOS2/c1-10-11(2)17-8-6-14(10)13(15)4-3-12-5-7-16-9-12/h5,7,9-11H,3-4,6,8H2,1-2H3. The van der Waals surface area contributed by atoms with Gasteiger partial charge in [-0.3, -0.25) is 4.79 Å². The highest BCUT2D eigenvalue weighted by atomic mass is 32.2. The molecule has 1 aliphatic heterocycles. The number of thioether (sulfide) groups is 1. The van der Waals surface area contributed by atoms with Gasteiger partial charge < -0.3 is 4.90 Å². The zero-order chi connectivity index (χ0) is 12.3. The maximum atomic E-state index is 12.2. The molecule has 4 heteroatoms. The first-order chi connectivity index (χ1) is 8.18. The molecule has 1 aliphatic rings. The quantitative estimate of drug-likeness (QED) is 0.840. The first-order valence-corrected chi connectivity index (χ1v) is 8.10. The van der Waals surface area contributed by atoms with Crippen molar-refractivity contribution in [1.82, 2.24) is 4.90 Å². The maximum Gasteiger partial charge on any atom is 0.223 e. The van der Waals surface area contributed by atoms with Crippen molar-refractivity contribution in [3.05, 3.63) is 22.4 Å². The van der Waals surface area contributed by atoms with Crippen LogP contribution in [0.5, 0.6) is 0 Å². The lowest BCUT2D eigenvalue weighted by molar-refractivity contribution is -0.133. The molecule has 94 valence electrons. The van der Waals surface area contributed by atoms with Gasteiger partial charge in [-0.1, -0.05) is 6.92 Å². The number of amides is 1. The summed E-state index contributed by atoms with van der Waals surface area (Å²) in [5.74, 6) is 1.39. The molecule has 1 saturated heterocycles. The summed E-state index contributed by atoms with van der Waals surface area (Å²) in [6, 6.07) is 2.49. The van der Waals surface area contributed by atoms with Crippen LogP contribution in [0.3, 0.4) is 0 Å². The van der Waals surface area contributed by atoms with Crippen LogP contribution < -0.4 is 0 Å². The third kappa shape index (κ3) is 3.26. The minimum absolute atomic E-state index is 0.316. The fourth-order valence-corrected chi connectivity index (χ4v) is 3.92. The number of nitrogens with zero attached hydrogens (tertiary/aromatic N) is 1. The van der Waals surface area contributed by atoms with E-state index in [1.165, 1.54) is 5.56 Å². The summed E-state index contributed by atoms with van der Waals surface area (Å²) in [6.45, 7) is 5.30. The molecule has 1 fully saturated rings. The van der Waals surface area contributed by atoms with E-state index < -0.39 is 0 Å². The van der Waals surface area contributed by atoms with E-state index >= 15 is 0 Å². The molecular weight excluding hydrogens is 250 g/mol. The average molecular weight is 269 g/mol. The summed E-state index contributed by atoms with van der Waals surface area (Å²) in [4.78, 5) is 14.2. The highest BCUT2D eigenvalue weighted by molar-refractivity contribution is 8.00. The molecule has 0 bridgehead atoms. The van der Waals surface area contributed by atoms with Crippen molar-refractivity contribution in [1.29, 1.82) is 0 Å². The molecule has 0 radical (unpaired) electrons. The van der Waals surface area contributed by atoms with Gasteiger partial charge in [0.1, 0.15) is 0 Å². The van der Waals surface area contributed by atoms with Gasteiger partial charge in [0.2, 0.25) is 5.91 Å². The third-order valence-corrected chi connectivity index (χ3v) is 5.48. The third-order valence-electron chi connectivity index (χ3n) is 3.41. The number of carbonyl (C=O) groups excluding carboxylic acids is 1. The number of carbonyl (C=O) groups is 1. The predicted molar refractivity (Wildman–Crippen MR) is 75.7 cm³/mol. The largest absolute Gasteiger partial charge is 0.338 e. The first kappa shape index (κ1) is 13.0. The molecule has 1 aromatic rings. The van der Waals surface area contributed by atoms with Crippen LogP contribution in [0.15, 0.2) is 16.8 Å². The van der Waals surface area contributed by atoms with E-state index in [0.29, 0.717) is 23.6 Å². The molecule has 2 atom stereocenters. The summed E-state index contributed by atoms with van der Waals surface area (Å²) in [5.41, 5.74) is 1.29. The molecule has 2 unspecified atom stereocenters. The Morgan fingerprint density at radius 3 is 3.06 bits per heavy atom. The summed E-state index contributed by atoms with van der Waals surface area (Å²) in [5, 5.41) is 4.77. The van der Waals surface area contributed by atoms with Gasteiger partial charge >= 0.3 is 0 Å². The lowest BCUT2D eigenvalue weighted by Crippen LogP contribution is -2.48. The van der Waals surface area contributed by atoms with Crippen LogP contribution in [0.2, 0.25) is 0 Å². The van der Waals surface area contributed by atoms with E-state index in [9.17, 15) is 4.79 Å². The molecule has 2 nitrogen and oxygen atoms in total. The maximum absolute atomic E-state index is 12.2. The van der Waals surface area contributed by atoms with Crippen molar-refractivity contribution in [3.63, 3.8) is 0 Å². The van der Waals surface area contributed by atoms with Crippen LogP contribution in [0.1, 0.15) is 25.8 Å². The van der Waals surface area contributed by atoms with E-state index in [-0.39, 0.29) is 0 Å². The van der Waals surface area contributed by atoms with Crippen LogP contribution >= 0.6 is 23.1 Å². The Labute approximate surface area is 111 Å². The highest BCUT2D eigenvalue weighted by Crippen LogP contribution is 2.25. The van der Waals surface area contributed by atoms with Gasteiger partial charge in [-0.05, 0) is 35.7 Å². The van der Waals surface area contributed by atoms with Crippen molar-refractivity contribution >= 4 is 29.0 Å². The zero-order valence-corrected chi connectivity index (χ0v) is 12.0. The number of hydrogen-bond donors (Lipinski definition) is 0. The van der Waals surface area contributed by atoms with Crippen LogP contribution in [0.25, 0.3) is 0 Å². The molecule has 0 aliphatic carbocycles. The fourth-order valence-electron chi connectivity index (χ4n) is 2.11. The van der Waals surface area contributed by atoms with Crippen LogP contribution in [0, 0.1) is 0 Å². The van der Waals surface area contributed by atoms with Gasteiger partial charge in [0, 0.05) is 30.0 Å². The van der Waals surface area contributed by atoms with Crippen molar-refractivity contribution in [2.75, 3.05) is 12.3 Å². The van der Waals surface area contributed by atoms with Crippen LogP contribution in [-0.2, 0) is 11.2 Å². The van der Waals surface area contributed by atoms with Crippen molar-refractivity contribution < 1.29 is 4.79 Å². The van der Waals surface area contributed by atoms with E-state index in [1.807, 2.05) is 11.8 Å². The Balaban J connectivity index is 1.86. The molecule has 2 heterocycles. The molecule has 17 heavy (non-hydrogen) atoms. The predicted octanol–water partition coefficient (Wildman–Crippen LogP) is 3.03. The highest BCUT2D eigenvalue weighted by Gasteiger charge is 2.28. The minimum Gasteiger partial charge on any atom is -0.338 e. The molecule has 0 N–H and O–H groups in total. The Morgan fingerprint density at radius 1 is 1.53 bits per heavy atom. The Kier molecular flexibility index (Phi) is 4.51. The van der Waals surface area contributed by atoms with Gasteiger partial charge in [-0.2, -0.15) is 23.1 Å². The van der Waals surface area contributed by atoms with Gasteiger partial charge in [0.25, 0.3) is 0 Å². The lowest BCUT2D eigenvalue weighted by Gasteiger charge is -2.37. The van der Waals surface area contributed by atoms with E-state index in [0.717, 1.165) is 18.7 Å². The van der Waals surface area contributed by atoms with Crippen molar-refractivity contribution in [3.8, 4) is 0 Å². The Morgan fingerprint density at radius 2 is 2.35 bits per heavy atom. The van der Waals surface area contributed by atoms with E-state index in [1.54, 1.807) is 11.3 Å². The molecule has 2 rings (SSSR count). The summed E-state index contributed by atoms with van der Waals surface area (Å²) in [7, 11) is 0. The van der Waals surface area contributed by atoms with Crippen LogP contribution in [0.4, 0.5) is 0 Å². The number of aryl methyl sites for hydroxylation is 1. The second kappa shape index (κ2) is 5.91. The van der Waals surface area contributed by atoms with Gasteiger partial charge in [-0.15, -0.1) is 0 Å². The fraction of sp³-hybridized carbons (Fsp3) is 0.615. The van der Waals surface area contributed by atoms with Gasteiger partial charge in [-0.25, -0.2) is 0 Å². The number of rotatable bonds is 3. The Bertz CT molecular complexity index is 364. The summed E-state index contributed by atoms with van der Waals surface area (Å²) in [6.07, 6.45) is 1.53. The second-order valence-electron chi connectivity index (χ2n) is 4.54. The molecule has 1 aromatic heterocycles. The topological polar surface area (TPSA) is 20.3 Å². The van der Waals surface area contributed by atoms with E-state index in [2.05, 4.69) is 35.6 Å². The molecule has 0 aromatic carbocycles. The van der Waals surface area contributed by atoms with Gasteiger partial charge in [0.05, 0.1) is 0 Å². The minimum atomic E-state index is 0.316. The summed E-state index contributed by atoms with van der Waals surface area (Å²) < 4.78 is 0. The first-order valence-electron chi connectivity index (χ1n) is 6.10. The number of thiophene rings is 1. The Hall–Kier alpha value is -0.480. The summed E-state index contributed by atoms with van der Waals surface area (Å²) >= 11 is 3.67. The molecule has 0 saturated carbocycles. The molecular formula is C13H19NOS2. The zero-order valence-electron chi connectivity index (χ0n) is 10.4. The second-order valence-corrected chi connectivity index (χ2v) is 6.80. The SMILES string of the molecule is CC1SCCN(C(=O)CCc2ccsc2)C1C. The normalized spacial score (nSPS) is 24.9. The molecule has 0 spiro atoms. The average Bonchev–Trinajstić information content (AvgIpc) is 2.82. The van der Waals surface area contributed by atoms with Crippen molar-refractivity contribution in [2.24, 2.45) is 0 Å². The van der Waals surface area contributed by atoms with Crippen molar-refractivity contribution in [2.45, 2.75) is 38.0 Å². The number of hydrogen-bond acceptors (Lipinski definition) is 3. The van der Waals surface area contributed by atoms with Crippen LogP contribution in [-0.4, -0.2) is 34.4 Å². The lowest BCUT2D eigenvalue weighted by atomic mass is 10.1. The molecule has 1 amide bonds. The monoisotopic (exact) mass is 269 g/mol. The van der Waals surface area contributed by atoms with E-state index in [4.69, 9.17) is 0 Å².